The van der Waals surface area contributed by atoms with Gasteiger partial charge in [0.25, 0.3) is 0 Å². The van der Waals surface area contributed by atoms with Crippen LogP contribution < -0.4 is 10.6 Å². The van der Waals surface area contributed by atoms with E-state index in [0.29, 0.717) is 5.92 Å². The van der Waals surface area contributed by atoms with Gasteiger partial charge in [0.05, 0.1) is 0 Å². The third-order valence-electron chi connectivity index (χ3n) is 4.53. The van der Waals surface area contributed by atoms with Crippen LogP contribution in [-0.4, -0.2) is 65.1 Å². The fourth-order valence-corrected chi connectivity index (χ4v) is 3.07. The van der Waals surface area contributed by atoms with Gasteiger partial charge in [-0.25, -0.2) is 4.79 Å². The smallest absolute Gasteiger partial charge is 0.410 e. The number of aliphatic imine (C=N–C) groups is 1. The molecule has 0 spiro atoms. The van der Waals surface area contributed by atoms with Gasteiger partial charge in [-0.15, -0.1) is 24.0 Å². The number of rotatable bonds is 7. The first-order valence-electron chi connectivity index (χ1n) is 10.3. The number of hydrogen-bond acceptors (Lipinski definition) is 4. The summed E-state index contributed by atoms with van der Waals surface area (Å²) >= 11 is 0. The highest BCUT2D eigenvalue weighted by molar-refractivity contribution is 14.0. The number of halogens is 1. The molecule has 166 valence electrons. The van der Waals surface area contributed by atoms with Crippen LogP contribution in [0.4, 0.5) is 4.79 Å². The van der Waals surface area contributed by atoms with E-state index < -0.39 is 5.60 Å². The molecule has 1 fully saturated rings. The minimum atomic E-state index is -0.442. The van der Waals surface area contributed by atoms with Crippen molar-refractivity contribution in [3.05, 3.63) is 18.5 Å². The molecule has 2 rings (SSSR count). The predicted octanol–water partition coefficient (Wildman–Crippen LogP) is 3.09. The van der Waals surface area contributed by atoms with Crippen molar-refractivity contribution in [3.8, 4) is 0 Å². The van der Waals surface area contributed by atoms with Crippen molar-refractivity contribution in [1.82, 2.24) is 25.3 Å². The van der Waals surface area contributed by atoms with E-state index in [1.165, 1.54) is 0 Å². The van der Waals surface area contributed by atoms with Crippen LogP contribution in [0.2, 0.25) is 0 Å². The van der Waals surface area contributed by atoms with Crippen LogP contribution in [-0.2, 0) is 11.3 Å². The molecule has 2 heterocycles. The number of likely N-dealkylation sites (tertiary alicyclic amines) is 1. The Bertz CT molecular complexity index is 607. The number of amides is 1. The summed E-state index contributed by atoms with van der Waals surface area (Å²) in [6.45, 7) is 12.6. The Morgan fingerprint density at radius 1 is 1.28 bits per heavy atom. The van der Waals surface area contributed by atoms with Gasteiger partial charge in [0.2, 0.25) is 0 Å². The Morgan fingerprint density at radius 2 is 2.00 bits per heavy atom. The van der Waals surface area contributed by atoms with Gasteiger partial charge < -0.3 is 20.3 Å². The SMILES string of the molecule is CCNC(=NCC1CCN(C(=O)OC(C)(C)C)CC1)NCCCn1cccn1.I. The van der Waals surface area contributed by atoms with Gasteiger partial charge in [0.1, 0.15) is 5.60 Å². The van der Waals surface area contributed by atoms with E-state index in [9.17, 15) is 4.79 Å². The molecule has 2 N–H and O–H groups in total. The molecule has 9 heteroatoms. The fraction of sp³-hybridized carbons (Fsp3) is 0.750. The molecule has 1 aliphatic heterocycles. The van der Waals surface area contributed by atoms with Crippen molar-refractivity contribution in [2.45, 2.75) is 59.1 Å². The standard InChI is InChI=1S/C20H36N6O2.HI/c1-5-21-18(22-10-6-12-26-13-7-11-24-26)23-16-17-8-14-25(15-9-17)19(27)28-20(2,3)4;/h7,11,13,17H,5-6,8-10,12,14-16H2,1-4H3,(H2,21,22,23);1H. The highest BCUT2D eigenvalue weighted by atomic mass is 127. The summed E-state index contributed by atoms with van der Waals surface area (Å²) in [7, 11) is 0. The van der Waals surface area contributed by atoms with Crippen molar-refractivity contribution >= 4 is 36.0 Å². The lowest BCUT2D eigenvalue weighted by atomic mass is 9.97. The van der Waals surface area contributed by atoms with Crippen LogP contribution >= 0.6 is 24.0 Å². The number of aromatic nitrogens is 2. The summed E-state index contributed by atoms with van der Waals surface area (Å²) in [6.07, 6.45) is 6.47. The average Bonchev–Trinajstić information content (AvgIpc) is 3.15. The van der Waals surface area contributed by atoms with Gasteiger partial charge in [0.15, 0.2) is 5.96 Å². The zero-order valence-electron chi connectivity index (χ0n) is 18.2. The first-order chi connectivity index (χ1) is 13.4. The normalized spacial score (nSPS) is 15.6. The Balaban J connectivity index is 0.00000420. The number of aryl methyl sites for hydroxylation is 1. The van der Waals surface area contributed by atoms with Crippen LogP contribution in [0.25, 0.3) is 0 Å². The zero-order valence-corrected chi connectivity index (χ0v) is 20.5. The van der Waals surface area contributed by atoms with Crippen molar-refractivity contribution in [3.63, 3.8) is 0 Å². The molecule has 1 saturated heterocycles. The monoisotopic (exact) mass is 520 g/mol. The number of nitrogens with one attached hydrogen (secondary N) is 2. The van der Waals surface area contributed by atoms with Crippen molar-refractivity contribution in [2.24, 2.45) is 10.9 Å². The molecule has 29 heavy (non-hydrogen) atoms. The van der Waals surface area contributed by atoms with Crippen molar-refractivity contribution in [1.29, 1.82) is 0 Å². The van der Waals surface area contributed by atoms with E-state index >= 15 is 0 Å². The Kier molecular flexibility index (Phi) is 11.4. The van der Waals surface area contributed by atoms with Gasteiger partial charge in [-0.2, -0.15) is 5.10 Å². The molecule has 8 nitrogen and oxygen atoms in total. The molecular weight excluding hydrogens is 483 g/mol. The Labute approximate surface area is 191 Å². The summed E-state index contributed by atoms with van der Waals surface area (Å²) in [6, 6.07) is 1.94. The topological polar surface area (TPSA) is 83.8 Å². The van der Waals surface area contributed by atoms with Crippen LogP contribution in [0.3, 0.4) is 0 Å². The molecule has 0 atom stereocenters. The minimum absolute atomic E-state index is 0. The van der Waals surface area contributed by atoms with Crippen LogP contribution in [0.1, 0.15) is 47.0 Å². The number of ether oxygens (including phenoxy) is 1. The first kappa shape index (κ1) is 25.5. The lowest BCUT2D eigenvalue weighted by molar-refractivity contribution is 0.0187. The van der Waals surface area contributed by atoms with Gasteiger partial charge in [0, 0.05) is 51.7 Å². The quantitative estimate of drug-likeness (QED) is 0.250. The van der Waals surface area contributed by atoms with Crippen LogP contribution in [0, 0.1) is 5.92 Å². The van der Waals surface area contributed by atoms with Gasteiger partial charge in [-0.05, 0) is 58.9 Å². The summed E-state index contributed by atoms with van der Waals surface area (Å²) in [5, 5.41) is 10.9. The van der Waals surface area contributed by atoms with E-state index in [0.717, 1.165) is 64.5 Å². The summed E-state index contributed by atoms with van der Waals surface area (Å²) in [4.78, 5) is 18.7. The molecule has 0 saturated carbocycles. The fourth-order valence-electron chi connectivity index (χ4n) is 3.07. The molecule has 1 aromatic rings. The lowest BCUT2D eigenvalue weighted by Gasteiger charge is -2.33. The van der Waals surface area contributed by atoms with Gasteiger partial charge in [-0.3, -0.25) is 9.67 Å². The third kappa shape index (κ3) is 10.2. The number of carbonyl (C=O) groups is 1. The summed E-state index contributed by atoms with van der Waals surface area (Å²) < 4.78 is 7.39. The summed E-state index contributed by atoms with van der Waals surface area (Å²) in [5.41, 5.74) is -0.442. The maximum absolute atomic E-state index is 12.2. The lowest BCUT2D eigenvalue weighted by Crippen LogP contribution is -2.42. The predicted molar refractivity (Wildman–Crippen MR) is 127 cm³/mol. The molecular formula is C20H37IN6O2. The van der Waals surface area contributed by atoms with Gasteiger partial charge >= 0.3 is 6.09 Å². The van der Waals surface area contributed by atoms with Crippen LogP contribution in [0.5, 0.6) is 0 Å². The number of guanidine groups is 1. The second-order valence-electron chi connectivity index (χ2n) is 8.18. The van der Waals surface area contributed by atoms with E-state index in [4.69, 9.17) is 9.73 Å². The molecule has 1 aliphatic rings. The van der Waals surface area contributed by atoms with E-state index in [1.807, 2.05) is 42.6 Å². The molecule has 1 amide bonds. The Morgan fingerprint density at radius 3 is 2.59 bits per heavy atom. The number of piperidine rings is 1. The average molecular weight is 520 g/mol. The van der Waals surface area contributed by atoms with E-state index in [-0.39, 0.29) is 30.1 Å². The maximum atomic E-state index is 12.2. The highest BCUT2D eigenvalue weighted by Gasteiger charge is 2.26. The molecule has 0 unspecified atom stereocenters. The molecule has 0 aliphatic carbocycles. The third-order valence-corrected chi connectivity index (χ3v) is 4.53. The zero-order chi connectivity index (χ0) is 20.4. The molecule has 0 radical (unpaired) electrons. The maximum Gasteiger partial charge on any atom is 0.410 e. The molecule has 0 bridgehead atoms. The van der Waals surface area contributed by atoms with Crippen molar-refractivity contribution < 1.29 is 9.53 Å². The number of nitrogens with zero attached hydrogens (tertiary/aromatic N) is 4. The second-order valence-corrected chi connectivity index (χ2v) is 8.18. The molecule has 0 aromatic carbocycles. The van der Waals surface area contributed by atoms with Crippen LogP contribution in [0.15, 0.2) is 23.5 Å². The largest absolute Gasteiger partial charge is 0.444 e. The Hall–Kier alpha value is -1.52. The highest BCUT2D eigenvalue weighted by Crippen LogP contribution is 2.19. The van der Waals surface area contributed by atoms with Gasteiger partial charge in [-0.1, -0.05) is 0 Å². The first-order valence-corrected chi connectivity index (χ1v) is 10.3. The minimum Gasteiger partial charge on any atom is -0.444 e. The number of carbonyl (C=O) groups excluding carboxylic acids is 1. The van der Waals surface area contributed by atoms with E-state index in [2.05, 4.69) is 22.7 Å². The summed E-state index contributed by atoms with van der Waals surface area (Å²) in [5.74, 6) is 1.36. The second kappa shape index (κ2) is 12.9. The number of hydrogen-bond donors (Lipinski definition) is 2. The van der Waals surface area contributed by atoms with E-state index in [1.54, 1.807) is 6.20 Å². The molecule has 1 aromatic heterocycles. The van der Waals surface area contributed by atoms with Crippen molar-refractivity contribution in [2.75, 3.05) is 32.7 Å².